The topological polar surface area (TPSA) is 108 Å². The molecule has 5 rings (SSSR count). The third kappa shape index (κ3) is 4.43. The number of alkyl halides is 2. The Morgan fingerprint density at radius 1 is 1.14 bits per heavy atom. The molecule has 0 bridgehead atoms. The number of nitrogens with zero attached hydrogens (tertiary/aromatic N) is 5. The van der Waals surface area contributed by atoms with Crippen molar-refractivity contribution in [1.82, 2.24) is 24.6 Å². The third-order valence-electron chi connectivity index (χ3n) is 6.87. The van der Waals surface area contributed by atoms with Gasteiger partial charge in [-0.05, 0) is 63.1 Å². The number of anilines is 1. The number of halogens is 2. The first kappa shape index (κ1) is 23.5. The number of hydrogen-bond donors (Lipinski definition) is 3. The fraction of sp³-hybridized carbons (Fsp3) is 0.440. The van der Waals surface area contributed by atoms with Gasteiger partial charge in [0.2, 0.25) is 0 Å². The summed E-state index contributed by atoms with van der Waals surface area (Å²) in [6.07, 6.45) is 4.56. The number of fused-ring (bicyclic) bond motifs is 3. The second-order valence-corrected chi connectivity index (χ2v) is 9.34. The second kappa shape index (κ2) is 9.09. The van der Waals surface area contributed by atoms with Crippen LogP contribution in [-0.4, -0.2) is 47.5 Å². The lowest BCUT2D eigenvalue weighted by atomic mass is 9.83. The van der Waals surface area contributed by atoms with E-state index in [1.54, 1.807) is 25.4 Å². The number of benzene rings is 1. The molecule has 1 saturated carbocycles. The third-order valence-corrected chi connectivity index (χ3v) is 6.87. The van der Waals surface area contributed by atoms with E-state index in [2.05, 4.69) is 25.5 Å². The summed E-state index contributed by atoms with van der Waals surface area (Å²) >= 11 is 0. The normalized spacial score (nSPS) is 19.8. The van der Waals surface area contributed by atoms with Crippen molar-refractivity contribution in [3.05, 3.63) is 59.2 Å². The van der Waals surface area contributed by atoms with E-state index in [9.17, 15) is 13.9 Å². The van der Waals surface area contributed by atoms with Crippen LogP contribution in [0.2, 0.25) is 0 Å². The Bertz CT molecular complexity index is 1370. The van der Waals surface area contributed by atoms with Crippen molar-refractivity contribution in [3.63, 3.8) is 0 Å². The van der Waals surface area contributed by atoms with Crippen LogP contribution in [0.5, 0.6) is 0 Å². The fourth-order valence-corrected chi connectivity index (χ4v) is 4.90. The molecule has 0 spiro atoms. The van der Waals surface area contributed by atoms with Crippen LogP contribution in [0.3, 0.4) is 0 Å². The minimum absolute atomic E-state index is 0.233. The standard InChI is InChI=1S/C25H28F2N6O2/c1-14(17-4-3-5-18(10-17)25(26,27)12-34)29-22-21-11-20(16-6-8-19(35)9-7-16)24-32-28-13-33(24)23(21)31-15(2)30-22/h3-5,10-11,13-14,16,19,34-35H,6-9,12H2,1-2H3,(H,29,30,31)/t14-,16?,19?/m1/s1. The molecule has 35 heavy (non-hydrogen) atoms. The van der Waals surface area contributed by atoms with Gasteiger partial charge in [0.05, 0.1) is 11.5 Å². The highest BCUT2D eigenvalue weighted by molar-refractivity contribution is 5.90. The van der Waals surface area contributed by atoms with E-state index in [0.717, 1.165) is 42.3 Å². The van der Waals surface area contributed by atoms with Gasteiger partial charge in [-0.25, -0.2) is 9.97 Å². The molecular formula is C25H28F2N6O2. The van der Waals surface area contributed by atoms with Crippen molar-refractivity contribution in [1.29, 1.82) is 0 Å². The highest BCUT2D eigenvalue weighted by atomic mass is 19.3. The Balaban J connectivity index is 1.57. The van der Waals surface area contributed by atoms with Crippen molar-refractivity contribution in [3.8, 4) is 0 Å². The zero-order valence-corrected chi connectivity index (χ0v) is 19.6. The minimum atomic E-state index is -3.31. The van der Waals surface area contributed by atoms with Crippen LogP contribution in [0.25, 0.3) is 16.7 Å². The summed E-state index contributed by atoms with van der Waals surface area (Å²) in [6, 6.07) is 7.75. The first-order chi connectivity index (χ1) is 16.8. The van der Waals surface area contributed by atoms with E-state index in [0.29, 0.717) is 22.9 Å². The Kier molecular flexibility index (Phi) is 6.10. The second-order valence-electron chi connectivity index (χ2n) is 9.34. The molecule has 1 aliphatic carbocycles. The first-order valence-electron chi connectivity index (χ1n) is 11.8. The monoisotopic (exact) mass is 482 g/mol. The molecular weight excluding hydrogens is 454 g/mol. The van der Waals surface area contributed by atoms with E-state index in [4.69, 9.17) is 5.11 Å². The van der Waals surface area contributed by atoms with Gasteiger partial charge >= 0.3 is 0 Å². The minimum Gasteiger partial charge on any atom is -0.393 e. The van der Waals surface area contributed by atoms with Crippen molar-refractivity contribution < 1.29 is 19.0 Å². The number of aromatic nitrogens is 5. The van der Waals surface area contributed by atoms with Gasteiger partial charge in [0.1, 0.15) is 24.6 Å². The molecule has 3 N–H and O–H groups in total. The van der Waals surface area contributed by atoms with Gasteiger partial charge in [-0.3, -0.25) is 4.40 Å². The number of hydrogen-bond acceptors (Lipinski definition) is 7. The van der Waals surface area contributed by atoms with Gasteiger partial charge in [-0.15, -0.1) is 10.2 Å². The van der Waals surface area contributed by atoms with Gasteiger partial charge in [0.15, 0.2) is 11.3 Å². The number of aliphatic hydroxyl groups excluding tert-OH is 2. The molecule has 10 heteroatoms. The van der Waals surface area contributed by atoms with Crippen molar-refractivity contribution in [2.24, 2.45) is 0 Å². The predicted molar refractivity (Wildman–Crippen MR) is 127 cm³/mol. The lowest BCUT2D eigenvalue weighted by molar-refractivity contribution is -0.0556. The number of rotatable bonds is 6. The van der Waals surface area contributed by atoms with Gasteiger partial charge < -0.3 is 15.5 Å². The van der Waals surface area contributed by atoms with Crippen molar-refractivity contribution >= 4 is 22.5 Å². The summed E-state index contributed by atoms with van der Waals surface area (Å²) in [5.41, 5.74) is 2.85. The molecule has 0 amide bonds. The first-order valence-corrected chi connectivity index (χ1v) is 11.8. The van der Waals surface area contributed by atoms with E-state index in [-0.39, 0.29) is 23.6 Å². The number of aliphatic hydroxyl groups is 2. The maximum absolute atomic E-state index is 14.1. The summed E-state index contributed by atoms with van der Waals surface area (Å²) in [5, 5.41) is 31.7. The summed E-state index contributed by atoms with van der Waals surface area (Å²) in [6.45, 7) is 2.43. The molecule has 1 fully saturated rings. The molecule has 0 saturated heterocycles. The summed E-state index contributed by atoms with van der Waals surface area (Å²) in [7, 11) is 0. The average Bonchev–Trinajstić information content (AvgIpc) is 3.35. The SMILES string of the molecule is Cc1nc(N[C@H](C)c2cccc(C(F)(F)CO)c2)c2cc(C3CCC(O)CC3)c3nncn3c2n1. The maximum atomic E-state index is 14.1. The van der Waals surface area contributed by atoms with Crippen LogP contribution in [0.15, 0.2) is 36.7 Å². The Hall–Kier alpha value is -3.24. The number of aryl methyl sites for hydroxylation is 1. The largest absolute Gasteiger partial charge is 0.393 e. The molecule has 3 aromatic heterocycles. The van der Waals surface area contributed by atoms with Crippen LogP contribution in [0, 0.1) is 6.92 Å². The molecule has 0 unspecified atom stereocenters. The van der Waals surface area contributed by atoms with E-state index < -0.39 is 12.5 Å². The zero-order chi connectivity index (χ0) is 24.7. The van der Waals surface area contributed by atoms with E-state index in [1.165, 1.54) is 12.1 Å². The molecule has 0 radical (unpaired) electrons. The highest BCUT2D eigenvalue weighted by Gasteiger charge is 2.31. The van der Waals surface area contributed by atoms with Gasteiger partial charge in [-0.2, -0.15) is 8.78 Å². The maximum Gasteiger partial charge on any atom is 0.295 e. The lowest BCUT2D eigenvalue weighted by Gasteiger charge is -2.26. The quantitative estimate of drug-likeness (QED) is 0.377. The summed E-state index contributed by atoms with van der Waals surface area (Å²) in [4.78, 5) is 9.28. The number of pyridine rings is 1. The average molecular weight is 483 g/mol. The smallest absolute Gasteiger partial charge is 0.295 e. The van der Waals surface area contributed by atoms with Gasteiger partial charge in [-0.1, -0.05) is 18.2 Å². The summed E-state index contributed by atoms with van der Waals surface area (Å²) in [5.74, 6) is -1.93. The molecule has 4 aromatic rings. The molecule has 184 valence electrons. The van der Waals surface area contributed by atoms with Crippen LogP contribution in [-0.2, 0) is 5.92 Å². The number of nitrogens with one attached hydrogen (secondary N) is 1. The Labute approximate surface area is 201 Å². The summed E-state index contributed by atoms with van der Waals surface area (Å²) < 4.78 is 30.0. The fourth-order valence-electron chi connectivity index (χ4n) is 4.90. The van der Waals surface area contributed by atoms with Gasteiger partial charge in [0, 0.05) is 17.2 Å². The molecule has 1 aliphatic rings. The molecule has 0 aliphatic heterocycles. The highest BCUT2D eigenvalue weighted by Crippen LogP contribution is 2.37. The van der Waals surface area contributed by atoms with Crippen LogP contribution in [0.4, 0.5) is 14.6 Å². The lowest BCUT2D eigenvalue weighted by Crippen LogP contribution is -2.19. The van der Waals surface area contributed by atoms with Crippen LogP contribution in [0.1, 0.15) is 67.1 Å². The van der Waals surface area contributed by atoms with Crippen molar-refractivity contribution in [2.75, 3.05) is 11.9 Å². The molecule has 1 atom stereocenters. The van der Waals surface area contributed by atoms with E-state index >= 15 is 0 Å². The Morgan fingerprint density at radius 3 is 2.66 bits per heavy atom. The van der Waals surface area contributed by atoms with Crippen LogP contribution < -0.4 is 5.32 Å². The van der Waals surface area contributed by atoms with E-state index in [1.807, 2.05) is 17.4 Å². The zero-order valence-electron chi connectivity index (χ0n) is 19.6. The van der Waals surface area contributed by atoms with Gasteiger partial charge in [0.25, 0.3) is 5.92 Å². The molecule has 1 aromatic carbocycles. The van der Waals surface area contributed by atoms with Crippen LogP contribution >= 0.6 is 0 Å². The van der Waals surface area contributed by atoms with Crippen molar-refractivity contribution in [2.45, 2.75) is 63.5 Å². The predicted octanol–water partition coefficient (Wildman–Crippen LogP) is 4.26. The molecule has 8 nitrogen and oxygen atoms in total. The molecule has 3 heterocycles. The Morgan fingerprint density at radius 2 is 1.91 bits per heavy atom.